The average molecular weight is 312 g/mol. The van der Waals surface area contributed by atoms with Crippen LogP contribution in [0.3, 0.4) is 0 Å². The standard InChI is InChI=1S/C17H16N2O4/c1-19-12-6-3-2-5-10(12)16(21)15(17(19)22)13(20)9-11(18)14-7-4-8-23-14/h2-8,11,21H,9,18H2,1H3. The lowest BCUT2D eigenvalue weighted by Crippen LogP contribution is -2.26. The Hall–Kier alpha value is -2.86. The summed E-state index contributed by atoms with van der Waals surface area (Å²) in [4.78, 5) is 24.9. The molecule has 0 radical (unpaired) electrons. The van der Waals surface area contributed by atoms with E-state index in [0.717, 1.165) is 0 Å². The summed E-state index contributed by atoms with van der Waals surface area (Å²) in [6, 6.07) is 9.52. The summed E-state index contributed by atoms with van der Waals surface area (Å²) >= 11 is 0. The van der Waals surface area contributed by atoms with E-state index in [9.17, 15) is 14.7 Å². The van der Waals surface area contributed by atoms with Gasteiger partial charge in [0.05, 0.1) is 17.8 Å². The van der Waals surface area contributed by atoms with Gasteiger partial charge in [-0.25, -0.2) is 0 Å². The third-order valence-electron chi connectivity index (χ3n) is 3.87. The van der Waals surface area contributed by atoms with Crippen LogP contribution in [-0.2, 0) is 7.05 Å². The van der Waals surface area contributed by atoms with E-state index in [1.165, 1.54) is 10.8 Å². The molecule has 0 fully saturated rings. The average Bonchev–Trinajstić information content (AvgIpc) is 3.07. The molecule has 2 heterocycles. The number of nitrogens with two attached hydrogens (primary N) is 1. The minimum Gasteiger partial charge on any atom is -0.506 e. The van der Waals surface area contributed by atoms with Crippen LogP contribution >= 0.6 is 0 Å². The van der Waals surface area contributed by atoms with Gasteiger partial charge >= 0.3 is 0 Å². The summed E-state index contributed by atoms with van der Waals surface area (Å²) in [6.45, 7) is 0. The Balaban J connectivity index is 2.06. The molecule has 0 aliphatic rings. The van der Waals surface area contributed by atoms with E-state index in [0.29, 0.717) is 16.7 Å². The van der Waals surface area contributed by atoms with Gasteiger partial charge in [-0.2, -0.15) is 0 Å². The van der Waals surface area contributed by atoms with E-state index in [-0.39, 0.29) is 17.7 Å². The number of pyridine rings is 1. The minimum absolute atomic E-state index is 0.130. The van der Waals surface area contributed by atoms with E-state index in [2.05, 4.69) is 0 Å². The van der Waals surface area contributed by atoms with Crippen molar-refractivity contribution in [1.29, 1.82) is 0 Å². The third kappa shape index (κ3) is 2.53. The highest BCUT2D eigenvalue weighted by Crippen LogP contribution is 2.27. The van der Waals surface area contributed by atoms with Crippen LogP contribution in [0.1, 0.15) is 28.6 Å². The highest BCUT2D eigenvalue weighted by molar-refractivity contribution is 6.03. The van der Waals surface area contributed by atoms with Gasteiger partial charge in [-0.15, -0.1) is 0 Å². The number of carbonyl (C=O) groups excluding carboxylic acids is 1. The maximum absolute atomic E-state index is 12.5. The number of ketones is 1. The maximum Gasteiger partial charge on any atom is 0.265 e. The molecule has 0 bridgehead atoms. The normalized spacial score (nSPS) is 12.4. The van der Waals surface area contributed by atoms with Gasteiger partial charge in [0.1, 0.15) is 17.1 Å². The molecular weight excluding hydrogens is 296 g/mol. The quantitative estimate of drug-likeness (QED) is 0.719. The topological polar surface area (TPSA) is 98.5 Å². The molecular formula is C17H16N2O4. The number of benzene rings is 1. The van der Waals surface area contributed by atoms with Gasteiger partial charge in [-0.3, -0.25) is 9.59 Å². The van der Waals surface area contributed by atoms with Gasteiger partial charge in [0.25, 0.3) is 5.56 Å². The maximum atomic E-state index is 12.5. The number of aryl methyl sites for hydroxylation is 1. The highest BCUT2D eigenvalue weighted by atomic mass is 16.3. The predicted octanol–water partition coefficient (Wildman–Crippen LogP) is 2.11. The number of hydrogen-bond donors (Lipinski definition) is 2. The number of nitrogens with zero attached hydrogens (tertiary/aromatic N) is 1. The molecule has 2 aromatic heterocycles. The molecule has 23 heavy (non-hydrogen) atoms. The monoisotopic (exact) mass is 312 g/mol. The van der Waals surface area contributed by atoms with Crippen molar-refractivity contribution in [2.75, 3.05) is 0 Å². The Kier molecular flexibility index (Phi) is 3.75. The largest absolute Gasteiger partial charge is 0.506 e. The SMILES string of the molecule is Cn1c(=O)c(C(=O)CC(N)c2ccco2)c(O)c2ccccc21. The summed E-state index contributed by atoms with van der Waals surface area (Å²) in [6.07, 6.45) is 1.33. The molecule has 118 valence electrons. The number of Topliss-reactive ketones (excluding diaryl/α,β-unsaturated/α-hetero) is 1. The van der Waals surface area contributed by atoms with Crippen LogP contribution in [0.25, 0.3) is 10.9 Å². The third-order valence-corrected chi connectivity index (χ3v) is 3.87. The van der Waals surface area contributed by atoms with Crippen LogP contribution in [0.2, 0.25) is 0 Å². The number of aromatic hydroxyl groups is 1. The van der Waals surface area contributed by atoms with Crippen LogP contribution in [0.4, 0.5) is 0 Å². The molecule has 1 unspecified atom stereocenters. The number of carbonyl (C=O) groups is 1. The summed E-state index contributed by atoms with van der Waals surface area (Å²) in [5.74, 6) is -0.367. The Morgan fingerprint density at radius 3 is 2.74 bits per heavy atom. The van der Waals surface area contributed by atoms with Gasteiger partial charge in [0, 0.05) is 18.9 Å². The van der Waals surface area contributed by atoms with Gasteiger partial charge in [-0.1, -0.05) is 12.1 Å². The van der Waals surface area contributed by atoms with E-state index in [1.807, 2.05) is 0 Å². The molecule has 3 rings (SSSR count). The Morgan fingerprint density at radius 2 is 2.04 bits per heavy atom. The smallest absolute Gasteiger partial charge is 0.265 e. The zero-order chi connectivity index (χ0) is 16.6. The van der Waals surface area contributed by atoms with E-state index >= 15 is 0 Å². The van der Waals surface area contributed by atoms with Crippen molar-refractivity contribution >= 4 is 16.7 Å². The molecule has 0 spiro atoms. The van der Waals surface area contributed by atoms with Crippen molar-refractivity contribution in [1.82, 2.24) is 4.57 Å². The zero-order valence-electron chi connectivity index (χ0n) is 12.5. The van der Waals surface area contributed by atoms with Crippen molar-refractivity contribution in [2.45, 2.75) is 12.5 Å². The van der Waals surface area contributed by atoms with Gasteiger partial charge in [-0.05, 0) is 24.3 Å². The summed E-state index contributed by atoms with van der Waals surface area (Å²) in [5.41, 5.74) is 5.69. The first-order valence-corrected chi connectivity index (χ1v) is 7.13. The molecule has 3 aromatic rings. The lowest BCUT2D eigenvalue weighted by atomic mass is 10.0. The molecule has 1 aromatic carbocycles. The first kappa shape index (κ1) is 15.1. The minimum atomic E-state index is -0.673. The van der Waals surface area contributed by atoms with Gasteiger partial charge in [0.2, 0.25) is 0 Å². The second-order valence-corrected chi connectivity index (χ2v) is 5.35. The van der Waals surface area contributed by atoms with Crippen LogP contribution < -0.4 is 11.3 Å². The fourth-order valence-electron chi connectivity index (χ4n) is 2.64. The van der Waals surface area contributed by atoms with Gasteiger partial charge in [0.15, 0.2) is 5.78 Å². The summed E-state index contributed by atoms with van der Waals surface area (Å²) in [7, 11) is 1.56. The molecule has 6 nitrogen and oxygen atoms in total. The van der Waals surface area contributed by atoms with Crippen LogP contribution in [-0.4, -0.2) is 15.5 Å². The second kappa shape index (κ2) is 5.73. The van der Waals surface area contributed by atoms with E-state index < -0.39 is 17.4 Å². The lowest BCUT2D eigenvalue weighted by Gasteiger charge is -2.12. The molecule has 0 saturated heterocycles. The Morgan fingerprint density at radius 1 is 1.30 bits per heavy atom. The van der Waals surface area contributed by atoms with Crippen LogP contribution in [0.15, 0.2) is 51.9 Å². The highest BCUT2D eigenvalue weighted by Gasteiger charge is 2.23. The number of hydrogen-bond acceptors (Lipinski definition) is 5. The van der Waals surface area contributed by atoms with Crippen molar-refractivity contribution in [3.05, 3.63) is 64.3 Å². The number of furan rings is 1. The Labute approximate surface area is 131 Å². The number of para-hydroxylation sites is 1. The fraction of sp³-hybridized carbons (Fsp3) is 0.176. The first-order chi connectivity index (χ1) is 11.0. The predicted molar refractivity (Wildman–Crippen MR) is 85.4 cm³/mol. The van der Waals surface area contributed by atoms with E-state index in [4.69, 9.17) is 10.2 Å². The van der Waals surface area contributed by atoms with Crippen LogP contribution in [0.5, 0.6) is 5.75 Å². The summed E-state index contributed by atoms with van der Waals surface area (Å²) in [5, 5.41) is 10.8. The fourth-order valence-corrected chi connectivity index (χ4v) is 2.64. The lowest BCUT2D eigenvalue weighted by molar-refractivity contribution is 0.0966. The van der Waals surface area contributed by atoms with Crippen molar-refractivity contribution in [2.24, 2.45) is 12.8 Å². The molecule has 0 aliphatic carbocycles. The second-order valence-electron chi connectivity index (χ2n) is 5.35. The first-order valence-electron chi connectivity index (χ1n) is 7.13. The molecule has 6 heteroatoms. The van der Waals surface area contributed by atoms with Crippen molar-refractivity contribution < 1.29 is 14.3 Å². The number of aromatic nitrogens is 1. The summed E-state index contributed by atoms with van der Waals surface area (Å²) < 4.78 is 6.51. The molecule has 0 saturated carbocycles. The van der Waals surface area contributed by atoms with E-state index in [1.54, 1.807) is 43.4 Å². The Bertz CT molecular complexity index is 926. The van der Waals surface area contributed by atoms with Crippen LogP contribution in [0, 0.1) is 0 Å². The van der Waals surface area contributed by atoms with Gasteiger partial charge < -0.3 is 19.8 Å². The molecule has 3 N–H and O–H groups in total. The number of fused-ring (bicyclic) bond motifs is 1. The zero-order valence-corrected chi connectivity index (χ0v) is 12.5. The molecule has 1 atom stereocenters. The van der Waals surface area contributed by atoms with Crippen molar-refractivity contribution in [3.8, 4) is 5.75 Å². The molecule has 0 amide bonds. The molecule has 0 aliphatic heterocycles. The van der Waals surface area contributed by atoms with Crippen molar-refractivity contribution in [3.63, 3.8) is 0 Å². The number of rotatable bonds is 4.